The molecule has 3 aromatic rings. The summed E-state index contributed by atoms with van der Waals surface area (Å²) in [5.41, 5.74) is 1.99. The Hall–Kier alpha value is -1.99. The molecule has 0 bridgehead atoms. The van der Waals surface area contributed by atoms with Gasteiger partial charge in [-0.15, -0.1) is 12.4 Å². The lowest BCUT2D eigenvalue weighted by atomic mass is 10.1. The predicted molar refractivity (Wildman–Crippen MR) is 108 cm³/mol. The average Bonchev–Trinajstić information content (AvgIpc) is 2.89. The van der Waals surface area contributed by atoms with Gasteiger partial charge in [0, 0.05) is 5.69 Å². The summed E-state index contributed by atoms with van der Waals surface area (Å²) < 4.78 is 0.993. The molecule has 3 N–H and O–H groups in total. The number of H-pyrrole nitrogens is 1. The zero-order valence-electron chi connectivity index (χ0n) is 13.8. The highest BCUT2D eigenvalue weighted by Crippen LogP contribution is 2.26. The van der Waals surface area contributed by atoms with E-state index in [1.54, 1.807) is 12.1 Å². The third kappa shape index (κ3) is 4.22. The number of halogens is 3. The number of imidazole rings is 1. The molecule has 0 atom stereocenters. The van der Waals surface area contributed by atoms with Gasteiger partial charge in [0.25, 0.3) is 0 Å². The van der Waals surface area contributed by atoms with E-state index in [9.17, 15) is 9.59 Å². The van der Waals surface area contributed by atoms with Gasteiger partial charge >= 0.3 is 11.7 Å². The van der Waals surface area contributed by atoms with Crippen LogP contribution in [0.25, 0.3) is 11.0 Å². The molecule has 1 aromatic heterocycles. The first-order valence-corrected chi connectivity index (χ1v) is 8.40. The Morgan fingerprint density at radius 1 is 1.15 bits per heavy atom. The number of hydrogen-bond donors (Lipinski definition) is 3. The van der Waals surface area contributed by atoms with Crippen LogP contribution in [0.1, 0.15) is 5.56 Å². The van der Waals surface area contributed by atoms with Crippen LogP contribution >= 0.6 is 35.6 Å². The number of amides is 1. The summed E-state index contributed by atoms with van der Waals surface area (Å²) in [7, 11) is 1.90. The summed E-state index contributed by atoms with van der Waals surface area (Å²) in [6.07, 6.45) is 0.895. The summed E-state index contributed by atoms with van der Waals surface area (Å²) >= 11 is 11.9. The van der Waals surface area contributed by atoms with Crippen LogP contribution in [-0.4, -0.2) is 29.2 Å². The first kappa shape index (κ1) is 20.3. The van der Waals surface area contributed by atoms with E-state index in [0.29, 0.717) is 21.7 Å². The maximum absolute atomic E-state index is 12.5. The average molecular weight is 416 g/mol. The van der Waals surface area contributed by atoms with Gasteiger partial charge in [-0.05, 0) is 49.8 Å². The van der Waals surface area contributed by atoms with Crippen LogP contribution in [0, 0.1) is 0 Å². The first-order valence-electron chi connectivity index (χ1n) is 7.64. The number of anilines is 1. The van der Waals surface area contributed by atoms with Crippen LogP contribution in [0.15, 0.2) is 41.2 Å². The van der Waals surface area contributed by atoms with Gasteiger partial charge in [-0.2, -0.15) is 0 Å². The minimum Gasteiger partial charge on any atom is -0.319 e. The highest BCUT2D eigenvalue weighted by molar-refractivity contribution is 6.42. The van der Waals surface area contributed by atoms with E-state index in [-0.39, 0.29) is 17.4 Å². The molecule has 0 aliphatic carbocycles. The molecule has 0 radical (unpaired) electrons. The molecule has 26 heavy (non-hydrogen) atoms. The van der Waals surface area contributed by atoms with Crippen molar-refractivity contribution in [3.8, 4) is 0 Å². The lowest BCUT2D eigenvalue weighted by molar-refractivity contribution is 0.253. The lowest BCUT2D eigenvalue weighted by Crippen LogP contribution is -2.29. The van der Waals surface area contributed by atoms with Gasteiger partial charge in [0.05, 0.1) is 21.1 Å². The van der Waals surface area contributed by atoms with Crippen molar-refractivity contribution >= 4 is 58.4 Å². The first-order chi connectivity index (χ1) is 12.0. The largest absolute Gasteiger partial charge is 0.334 e. The maximum Gasteiger partial charge on any atom is 0.334 e. The Balaban J connectivity index is 0.00000243. The summed E-state index contributed by atoms with van der Waals surface area (Å²) in [5, 5.41) is 6.36. The number of fused-ring (bicyclic) bond motifs is 1. The molecular weight excluding hydrogens is 399 g/mol. The van der Waals surface area contributed by atoms with Crippen molar-refractivity contribution in [2.24, 2.45) is 0 Å². The van der Waals surface area contributed by atoms with Crippen molar-refractivity contribution in [2.75, 3.05) is 18.9 Å². The molecule has 0 saturated carbocycles. The van der Waals surface area contributed by atoms with Crippen molar-refractivity contribution < 1.29 is 4.79 Å². The number of benzene rings is 2. The third-order valence-electron chi connectivity index (χ3n) is 3.80. The van der Waals surface area contributed by atoms with E-state index in [0.717, 1.165) is 23.1 Å². The van der Waals surface area contributed by atoms with Gasteiger partial charge in [0.1, 0.15) is 0 Å². The number of carbonyl (C=O) groups excluding carboxylic acids is 1. The number of nitrogens with one attached hydrogen (secondary N) is 3. The summed E-state index contributed by atoms with van der Waals surface area (Å²) in [4.78, 5) is 27.2. The standard InChI is InChI=1S/C17H16Cl2N4O2.ClH/c1-20-7-6-10-2-4-11(5-3-10)21-16(24)23-15-9-13(19)12(18)8-14(15)22-17(23)25;/h2-5,8-9,20H,6-7H2,1H3,(H,21,24)(H,22,25);1H. The summed E-state index contributed by atoms with van der Waals surface area (Å²) in [6, 6.07) is 9.89. The van der Waals surface area contributed by atoms with Gasteiger partial charge < -0.3 is 15.6 Å². The van der Waals surface area contributed by atoms with E-state index in [4.69, 9.17) is 23.2 Å². The van der Waals surface area contributed by atoms with Gasteiger partial charge in [-0.25, -0.2) is 14.2 Å². The number of carbonyl (C=O) groups is 1. The maximum atomic E-state index is 12.5. The van der Waals surface area contributed by atoms with Gasteiger partial charge in [-0.1, -0.05) is 35.3 Å². The van der Waals surface area contributed by atoms with E-state index in [1.165, 1.54) is 12.1 Å². The molecular formula is C17H17Cl3N4O2. The van der Waals surface area contributed by atoms with Crippen LogP contribution in [0.5, 0.6) is 0 Å². The van der Waals surface area contributed by atoms with Crippen molar-refractivity contribution in [2.45, 2.75) is 6.42 Å². The number of likely N-dealkylation sites (N-methyl/N-ethyl adjacent to an activating group) is 1. The van der Waals surface area contributed by atoms with Crippen LogP contribution < -0.4 is 16.3 Å². The zero-order chi connectivity index (χ0) is 18.0. The monoisotopic (exact) mass is 414 g/mol. The number of aromatic amines is 1. The summed E-state index contributed by atoms with van der Waals surface area (Å²) in [5.74, 6) is 0. The molecule has 3 rings (SSSR count). The fourth-order valence-electron chi connectivity index (χ4n) is 2.51. The van der Waals surface area contributed by atoms with Gasteiger partial charge in [-0.3, -0.25) is 0 Å². The molecule has 9 heteroatoms. The molecule has 138 valence electrons. The molecule has 0 unspecified atom stereocenters. The molecule has 1 heterocycles. The second kappa shape index (κ2) is 8.60. The fraction of sp³-hybridized carbons (Fsp3) is 0.176. The van der Waals surface area contributed by atoms with Crippen LogP contribution in [0.2, 0.25) is 10.0 Å². The predicted octanol–water partition coefficient (Wildman–Crippen LogP) is 3.90. The van der Waals surface area contributed by atoms with E-state index >= 15 is 0 Å². The van der Waals surface area contributed by atoms with E-state index in [2.05, 4.69) is 15.6 Å². The van der Waals surface area contributed by atoms with Gasteiger partial charge in [0.2, 0.25) is 0 Å². The van der Waals surface area contributed by atoms with Crippen LogP contribution in [0.3, 0.4) is 0 Å². The number of aromatic nitrogens is 2. The molecule has 0 fully saturated rings. The molecule has 1 amide bonds. The fourth-order valence-corrected chi connectivity index (χ4v) is 2.83. The number of rotatable bonds is 4. The zero-order valence-corrected chi connectivity index (χ0v) is 16.1. The molecule has 0 saturated heterocycles. The van der Waals surface area contributed by atoms with E-state index in [1.807, 2.05) is 19.2 Å². The summed E-state index contributed by atoms with van der Waals surface area (Å²) in [6.45, 7) is 0.875. The minimum absolute atomic E-state index is 0. The van der Waals surface area contributed by atoms with Crippen molar-refractivity contribution in [1.82, 2.24) is 14.9 Å². The molecule has 0 aliphatic heterocycles. The molecule has 2 aromatic carbocycles. The van der Waals surface area contributed by atoms with Crippen LogP contribution in [0.4, 0.5) is 10.5 Å². The van der Waals surface area contributed by atoms with Crippen LogP contribution in [-0.2, 0) is 6.42 Å². The van der Waals surface area contributed by atoms with Crippen molar-refractivity contribution in [3.63, 3.8) is 0 Å². The molecule has 0 aliphatic rings. The Morgan fingerprint density at radius 3 is 2.46 bits per heavy atom. The third-order valence-corrected chi connectivity index (χ3v) is 4.52. The number of nitrogens with zero attached hydrogens (tertiary/aromatic N) is 1. The topological polar surface area (TPSA) is 78.9 Å². The second-order valence-corrected chi connectivity index (χ2v) is 6.34. The Kier molecular flexibility index (Phi) is 6.72. The normalized spacial score (nSPS) is 10.6. The smallest absolute Gasteiger partial charge is 0.319 e. The van der Waals surface area contributed by atoms with Crippen molar-refractivity contribution in [1.29, 1.82) is 0 Å². The SMILES string of the molecule is CNCCc1ccc(NC(=O)n2c(=O)[nH]c3cc(Cl)c(Cl)cc32)cc1.Cl. The Bertz CT molecular complexity index is 980. The van der Waals surface area contributed by atoms with Crippen molar-refractivity contribution in [3.05, 3.63) is 62.5 Å². The minimum atomic E-state index is -0.572. The highest BCUT2D eigenvalue weighted by atomic mass is 35.5. The number of hydrogen-bond acceptors (Lipinski definition) is 3. The quantitative estimate of drug-likeness (QED) is 0.604. The second-order valence-electron chi connectivity index (χ2n) is 5.53. The Morgan fingerprint density at radius 2 is 1.81 bits per heavy atom. The molecule has 6 nitrogen and oxygen atoms in total. The Labute approximate surface area is 165 Å². The van der Waals surface area contributed by atoms with E-state index < -0.39 is 11.7 Å². The highest BCUT2D eigenvalue weighted by Gasteiger charge is 2.15. The van der Waals surface area contributed by atoms with Gasteiger partial charge in [0.15, 0.2) is 0 Å². The lowest BCUT2D eigenvalue weighted by Gasteiger charge is -2.07. The molecule has 0 spiro atoms.